The van der Waals surface area contributed by atoms with Crippen molar-refractivity contribution in [3.63, 3.8) is 0 Å². The van der Waals surface area contributed by atoms with Crippen LogP contribution in [-0.2, 0) is 0 Å². The third kappa shape index (κ3) is 4.96. The topological polar surface area (TPSA) is 60.9 Å². The molecule has 0 amide bonds. The van der Waals surface area contributed by atoms with Gasteiger partial charge in [-0.15, -0.1) is 0 Å². The zero-order valence-corrected chi connectivity index (χ0v) is 28.0. The lowest BCUT2D eigenvalue weighted by atomic mass is 9.94. The molecule has 0 aliphatic carbocycles. The highest BCUT2D eigenvalue weighted by Gasteiger charge is 2.24. The second-order valence-electron chi connectivity index (χ2n) is 12.8. The lowest BCUT2D eigenvalue weighted by Gasteiger charge is -2.15. The van der Waals surface area contributed by atoms with E-state index < -0.39 is 0 Å². The molecule has 0 atom stereocenters. The molecule has 10 rings (SSSR count). The van der Waals surface area contributed by atoms with Crippen LogP contribution in [0.25, 0.3) is 89.3 Å². The average Bonchev–Trinajstić information content (AvgIpc) is 3.82. The van der Waals surface area contributed by atoms with E-state index in [1.807, 2.05) is 47.4 Å². The minimum Gasteiger partial charge on any atom is -0.293 e. The molecule has 0 saturated carbocycles. The Balaban J connectivity index is 1.23. The van der Waals surface area contributed by atoms with Gasteiger partial charge >= 0.3 is 0 Å². The first-order chi connectivity index (χ1) is 25.8. The Bertz CT molecular complexity index is 2840. The molecule has 0 unspecified atom stereocenters. The molecule has 244 valence electrons. The molecule has 6 heteroatoms. The van der Waals surface area contributed by atoms with Crippen molar-refractivity contribution >= 4 is 27.5 Å². The van der Waals surface area contributed by atoms with Gasteiger partial charge < -0.3 is 0 Å². The monoisotopic (exact) mass is 666 g/mol. The quantitative estimate of drug-likeness (QED) is 0.177. The van der Waals surface area contributed by atoms with Crippen LogP contribution < -0.4 is 0 Å². The van der Waals surface area contributed by atoms with Gasteiger partial charge in [-0.3, -0.25) is 14.0 Å². The Kier molecular flexibility index (Phi) is 7.03. The van der Waals surface area contributed by atoms with Crippen molar-refractivity contribution in [1.29, 1.82) is 0 Å². The molecule has 5 aromatic carbocycles. The largest absolute Gasteiger partial charge is 0.293 e. The standard InChI is InChI=1S/C46H30N6/c1-3-10-34(11-4-1)43-39-23-22-37-36(31-18-20-32(21-19-31)41-30-51-29-9-26-48-46(51)50-41)14-7-15-38(37)45(39)52(44(43)35-12-5-2-6-13-35)42-17-8-16-40(49-42)33-24-27-47-28-25-33/h1-30H. The molecule has 6 nitrogen and oxygen atoms in total. The van der Waals surface area contributed by atoms with Crippen molar-refractivity contribution in [2.24, 2.45) is 0 Å². The second kappa shape index (κ2) is 12.3. The zero-order chi connectivity index (χ0) is 34.4. The van der Waals surface area contributed by atoms with E-state index in [1.165, 1.54) is 16.3 Å². The summed E-state index contributed by atoms with van der Waals surface area (Å²) in [7, 11) is 0. The fourth-order valence-corrected chi connectivity index (χ4v) is 7.40. The van der Waals surface area contributed by atoms with Crippen LogP contribution in [0.3, 0.4) is 0 Å². The molecule has 5 aromatic heterocycles. The Morgan fingerprint density at radius 1 is 0.442 bits per heavy atom. The van der Waals surface area contributed by atoms with Crippen LogP contribution in [0.4, 0.5) is 0 Å². The predicted molar refractivity (Wildman–Crippen MR) is 210 cm³/mol. The predicted octanol–water partition coefficient (Wildman–Crippen LogP) is 11.0. The van der Waals surface area contributed by atoms with Gasteiger partial charge in [0.15, 0.2) is 0 Å². The molecule has 0 aliphatic rings. The number of fused-ring (bicyclic) bond motifs is 4. The summed E-state index contributed by atoms with van der Waals surface area (Å²) in [6.07, 6.45) is 9.38. The Labute approximate surface area is 300 Å². The molecule has 0 N–H and O–H groups in total. The maximum atomic E-state index is 5.32. The lowest BCUT2D eigenvalue weighted by Crippen LogP contribution is -2.02. The van der Waals surface area contributed by atoms with E-state index in [2.05, 4.69) is 148 Å². The van der Waals surface area contributed by atoms with E-state index >= 15 is 0 Å². The molecule has 10 aromatic rings. The summed E-state index contributed by atoms with van der Waals surface area (Å²) >= 11 is 0. The third-order valence-electron chi connectivity index (χ3n) is 9.76. The first kappa shape index (κ1) is 29.7. The van der Waals surface area contributed by atoms with E-state index in [0.29, 0.717) is 5.78 Å². The Morgan fingerprint density at radius 2 is 1.15 bits per heavy atom. The maximum Gasteiger partial charge on any atom is 0.234 e. The smallest absolute Gasteiger partial charge is 0.234 e. The summed E-state index contributed by atoms with van der Waals surface area (Å²) in [5.74, 6) is 1.54. The van der Waals surface area contributed by atoms with Crippen molar-refractivity contribution in [3.05, 3.63) is 183 Å². The van der Waals surface area contributed by atoms with Crippen LogP contribution in [0, 0.1) is 0 Å². The molecule has 0 spiro atoms. The molecule has 5 heterocycles. The number of hydrogen-bond donors (Lipinski definition) is 0. The number of pyridine rings is 2. The highest BCUT2D eigenvalue weighted by atomic mass is 15.1. The van der Waals surface area contributed by atoms with Crippen molar-refractivity contribution in [2.75, 3.05) is 0 Å². The summed E-state index contributed by atoms with van der Waals surface area (Å²) < 4.78 is 4.31. The third-order valence-corrected chi connectivity index (χ3v) is 9.76. The van der Waals surface area contributed by atoms with Crippen molar-refractivity contribution in [3.8, 4) is 61.8 Å². The van der Waals surface area contributed by atoms with Gasteiger partial charge in [0.25, 0.3) is 0 Å². The van der Waals surface area contributed by atoms with Crippen LogP contribution in [-0.4, -0.2) is 28.9 Å². The number of rotatable bonds is 6. The van der Waals surface area contributed by atoms with Crippen LogP contribution in [0.15, 0.2) is 183 Å². The second-order valence-corrected chi connectivity index (χ2v) is 12.8. The molecule has 0 radical (unpaired) electrons. The molecule has 0 fully saturated rings. The van der Waals surface area contributed by atoms with Gasteiger partial charge in [0.2, 0.25) is 5.78 Å². The summed E-state index contributed by atoms with van der Waals surface area (Å²) in [6.45, 7) is 0. The molecule has 0 saturated heterocycles. The summed E-state index contributed by atoms with van der Waals surface area (Å²) in [5.41, 5.74) is 11.8. The van der Waals surface area contributed by atoms with Crippen molar-refractivity contribution in [2.45, 2.75) is 0 Å². The maximum absolute atomic E-state index is 5.32. The summed E-state index contributed by atoms with van der Waals surface area (Å²) in [5, 5.41) is 3.49. The van der Waals surface area contributed by atoms with Gasteiger partial charge in [0.05, 0.1) is 22.6 Å². The van der Waals surface area contributed by atoms with E-state index in [1.54, 1.807) is 6.20 Å². The molecule has 52 heavy (non-hydrogen) atoms. The van der Waals surface area contributed by atoms with Crippen LogP contribution in [0.5, 0.6) is 0 Å². The van der Waals surface area contributed by atoms with Gasteiger partial charge in [-0.05, 0) is 58.0 Å². The number of imidazole rings is 1. The molecule has 0 bridgehead atoms. The highest BCUT2D eigenvalue weighted by Crippen LogP contribution is 2.46. The van der Waals surface area contributed by atoms with Gasteiger partial charge in [0, 0.05) is 58.4 Å². The summed E-state index contributed by atoms with van der Waals surface area (Å²) in [4.78, 5) is 18.7. The van der Waals surface area contributed by atoms with Gasteiger partial charge in [-0.1, -0.05) is 121 Å². The zero-order valence-electron chi connectivity index (χ0n) is 28.0. The first-order valence-electron chi connectivity index (χ1n) is 17.3. The number of nitrogens with zero attached hydrogens (tertiary/aromatic N) is 6. The molecule has 0 aliphatic heterocycles. The van der Waals surface area contributed by atoms with Crippen LogP contribution >= 0.6 is 0 Å². The Hall–Kier alpha value is -7.18. The fourth-order valence-electron chi connectivity index (χ4n) is 7.40. The number of aromatic nitrogens is 6. The number of benzene rings is 5. The minimum absolute atomic E-state index is 0.688. The van der Waals surface area contributed by atoms with E-state index in [0.717, 1.165) is 67.2 Å². The van der Waals surface area contributed by atoms with Gasteiger partial charge in [-0.25, -0.2) is 15.0 Å². The van der Waals surface area contributed by atoms with E-state index in [4.69, 9.17) is 9.97 Å². The van der Waals surface area contributed by atoms with Crippen molar-refractivity contribution in [1.82, 2.24) is 28.9 Å². The van der Waals surface area contributed by atoms with Gasteiger partial charge in [-0.2, -0.15) is 0 Å². The van der Waals surface area contributed by atoms with Crippen LogP contribution in [0.2, 0.25) is 0 Å². The van der Waals surface area contributed by atoms with Crippen molar-refractivity contribution < 1.29 is 0 Å². The molecular formula is C46H30N6. The molecular weight excluding hydrogens is 637 g/mol. The normalized spacial score (nSPS) is 11.5. The SMILES string of the molecule is c1ccc(-c2c(-c3ccccc3)n(-c3cccc(-c4ccncc4)n3)c3c2ccc2c(-c4ccc(-c5cn6cccnc6n5)cc4)cccc23)cc1. The lowest BCUT2D eigenvalue weighted by molar-refractivity contribution is 1.06. The minimum atomic E-state index is 0.688. The fraction of sp³-hybridized carbons (Fsp3) is 0. The highest BCUT2D eigenvalue weighted by molar-refractivity contribution is 6.18. The van der Waals surface area contributed by atoms with E-state index in [9.17, 15) is 0 Å². The van der Waals surface area contributed by atoms with Gasteiger partial charge in [0.1, 0.15) is 5.82 Å². The summed E-state index contributed by atoms with van der Waals surface area (Å²) in [6, 6.07) is 53.4. The first-order valence-corrected chi connectivity index (χ1v) is 17.3. The van der Waals surface area contributed by atoms with Crippen LogP contribution in [0.1, 0.15) is 0 Å². The Morgan fingerprint density at radius 3 is 1.94 bits per heavy atom. The number of hydrogen-bond acceptors (Lipinski definition) is 4. The van der Waals surface area contributed by atoms with E-state index in [-0.39, 0.29) is 0 Å². The average molecular weight is 667 g/mol.